The van der Waals surface area contributed by atoms with E-state index in [1.807, 2.05) is 30.8 Å². The smallest absolute Gasteiger partial charge is 0.234 e. The zero-order valence-corrected chi connectivity index (χ0v) is 17.9. The lowest BCUT2D eigenvalue weighted by atomic mass is 10.1. The van der Waals surface area contributed by atoms with Gasteiger partial charge in [0.25, 0.3) is 0 Å². The first-order chi connectivity index (χ1) is 13.6. The van der Waals surface area contributed by atoms with E-state index < -0.39 is 0 Å². The Morgan fingerprint density at radius 3 is 2.29 bits per heavy atom. The Kier molecular flexibility index (Phi) is 7.63. The van der Waals surface area contributed by atoms with Crippen molar-refractivity contribution in [1.82, 2.24) is 0 Å². The zero-order valence-electron chi connectivity index (χ0n) is 16.3. The third kappa shape index (κ3) is 6.47. The number of aryl methyl sites for hydroxylation is 2. The molecule has 0 aromatic heterocycles. The van der Waals surface area contributed by atoms with Gasteiger partial charge < -0.3 is 5.32 Å². The monoisotopic (exact) mass is 407 g/mol. The molecule has 4 heteroatoms. The molecule has 144 valence electrons. The van der Waals surface area contributed by atoms with Gasteiger partial charge in [0.2, 0.25) is 5.91 Å². The van der Waals surface area contributed by atoms with Crippen molar-refractivity contribution in [3.05, 3.63) is 95.1 Å². The van der Waals surface area contributed by atoms with Gasteiger partial charge in [-0.15, -0.1) is 23.5 Å². The minimum Gasteiger partial charge on any atom is -0.325 e. The third-order valence-corrected chi connectivity index (χ3v) is 6.42. The summed E-state index contributed by atoms with van der Waals surface area (Å²) >= 11 is 3.46. The largest absolute Gasteiger partial charge is 0.325 e. The molecule has 1 amide bonds. The Balaban J connectivity index is 1.46. The molecular formula is C24H25NOS2. The van der Waals surface area contributed by atoms with Gasteiger partial charge in [-0.2, -0.15) is 0 Å². The highest BCUT2D eigenvalue weighted by Crippen LogP contribution is 2.25. The number of benzene rings is 3. The maximum absolute atomic E-state index is 12.3. The van der Waals surface area contributed by atoms with Crippen LogP contribution in [0.3, 0.4) is 0 Å². The van der Waals surface area contributed by atoms with E-state index in [0.29, 0.717) is 5.75 Å². The summed E-state index contributed by atoms with van der Waals surface area (Å²) in [6.07, 6.45) is 0. The molecule has 0 spiro atoms. The van der Waals surface area contributed by atoms with Crippen molar-refractivity contribution in [3.8, 4) is 0 Å². The van der Waals surface area contributed by atoms with Crippen LogP contribution in [-0.2, 0) is 16.3 Å². The average molecular weight is 408 g/mol. The van der Waals surface area contributed by atoms with E-state index in [0.717, 1.165) is 22.8 Å². The molecule has 0 bridgehead atoms. The second kappa shape index (κ2) is 10.4. The van der Waals surface area contributed by atoms with Crippen molar-refractivity contribution >= 4 is 35.1 Å². The highest BCUT2D eigenvalue weighted by atomic mass is 32.2. The normalized spacial score (nSPS) is 10.6. The molecule has 0 atom stereocenters. The van der Waals surface area contributed by atoms with Crippen molar-refractivity contribution in [2.45, 2.75) is 30.2 Å². The maximum Gasteiger partial charge on any atom is 0.234 e. The third-order valence-electron chi connectivity index (χ3n) is 4.34. The van der Waals surface area contributed by atoms with Crippen LogP contribution in [0.25, 0.3) is 0 Å². The SMILES string of the molecule is Cc1ccc(CSCC(=O)Nc2ccc(CSc3ccccc3)cc2C)cc1. The van der Waals surface area contributed by atoms with Gasteiger partial charge in [0.1, 0.15) is 0 Å². The molecule has 0 heterocycles. The molecule has 28 heavy (non-hydrogen) atoms. The Bertz CT molecular complexity index is 908. The fraction of sp³-hybridized carbons (Fsp3) is 0.208. The molecule has 3 aromatic rings. The number of amides is 1. The maximum atomic E-state index is 12.3. The van der Waals surface area contributed by atoms with Gasteiger partial charge in [-0.3, -0.25) is 4.79 Å². The summed E-state index contributed by atoms with van der Waals surface area (Å²) in [6.45, 7) is 4.13. The van der Waals surface area contributed by atoms with Crippen LogP contribution in [0.4, 0.5) is 5.69 Å². The van der Waals surface area contributed by atoms with Crippen LogP contribution in [-0.4, -0.2) is 11.7 Å². The zero-order chi connectivity index (χ0) is 19.8. The van der Waals surface area contributed by atoms with E-state index in [4.69, 9.17) is 0 Å². The van der Waals surface area contributed by atoms with Crippen molar-refractivity contribution < 1.29 is 4.79 Å². The average Bonchev–Trinajstić information content (AvgIpc) is 2.70. The Morgan fingerprint density at radius 2 is 1.57 bits per heavy atom. The number of rotatable bonds is 8. The topological polar surface area (TPSA) is 29.1 Å². The summed E-state index contributed by atoms with van der Waals surface area (Å²) in [6, 6.07) is 25.1. The molecule has 0 aliphatic carbocycles. The van der Waals surface area contributed by atoms with Gasteiger partial charge in [0, 0.05) is 22.1 Å². The minimum absolute atomic E-state index is 0.0478. The standard InChI is InChI=1S/C24H25NOS2/c1-18-8-10-20(11-9-18)15-27-17-24(26)25-23-13-12-21(14-19(23)2)16-28-22-6-4-3-5-7-22/h3-14H,15-17H2,1-2H3,(H,25,26). The highest BCUT2D eigenvalue weighted by molar-refractivity contribution is 7.99. The van der Waals surface area contributed by atoms with Gasteiger partial charge in [-0.05, 0) is 48.7 Å². The first kappa shape index (κ1) is 20.6. The first-order valence-corrected chi connectivity index (χ1v) is 11.4. The Hall–Kier alpha value is -2.17. The first-order valence-electron chi connectivity index (χ1n) is 9.31. The second-order valence-electron chi connectivity index (χ2n) is 6.78. The van der Waals surface area contributed by atoms with E-state index in [-0.39, 0.29) is 5.91 Å². The molecule has 0 radical (unpaired) electrons. The summed E-state index contributed by atoms with van der Waals surface area (Å²) in [5.74, 6) is 2.28. The van der Waals surface area contributed by atoms with Crippen LogP contribution in [0.2, 0.25) is 0 Å². The minimum atomic E-state index is 0.0478. The Labute approximate surface area is 176 Å². The number of carbonyl (C=O) groups is 1. The van der Waals surface area contributed by atoms with Crippen molar-refractivity contribution in [2.24, 2.45) is 0 Å². The van der Waals surface area contributed by atoms with Crippen LogP contribution < -0.4 is 5.32 Å². The van der Waals surface area contributed by atoms with Gasteiger partial charge in [-0.1, -0.05) is 60.2 Å². The van der Waals surface area contributed by atoms with Crippen LogP contribution in [0.5, 0.6) is 0 Å². The van der Waals surface area contributed by atoms with Crippen molar-refractivity contribution in [1.29, 1.82) is 0 Å². The number of anilines is 1. The molecule has 0 aliphatic heterocycles. The lowest BCUT2D eigenvalue weighted by Gasteiger charge is -2.10. The molecule has 0 saturated heterocycles. The Morgan fingerprint density at radius 1 is 0.857 bits per heavy atom. The van der Waals surface area contributed by atoms with E-state index in [1.54, 1.807) is 11.8 Å². The van der Waals surface area contributed by atoms with Gasteiger partial charge in [0.15, 0.2) is 0 Å². The number of hydrogen-bond donors (Lipinski definition) is 1. The fourth-order valence-corrected chi connectivity index (χ4v) is 4.42. The predicted molar refractivity (Wildman–Crippen MR) is 123 cm³/mol. The lowest BCUT2D eigenvalue weighted by molar-refractivity contribution is -0.113. The summed E-state index contributed by atoms with van der Waals surface area (Å²) in [7, 11) is 0. The predicted octanol–water partition coefficient (Wildman–Crippen LogP) is 6.47. The molecule has 3 rings (SSSR count). The highest BCUT2D eigenvalue weighted by Gasteiger charge is 2.07. The van der Waals surface area contributed by atoms with Crippen molar-refractivity contribution in [3.63, 3.8) is 0 Å². The van der Waals surface area contributed by atoms with E-state index in [2.05, 4.69) is 72.9 Å². The van der Waals surface area contributed by atoms with Crippen molar-refractivity contribution in [2.75, 3.05) is 11.1 Å². The fourth-order valence-electron chi connectivity index (χ4n) is 2.77. The molecular weight excluding hydrogens is 382 g/mol. The van der Waals surface area contributed by atoms with E-state index >= 15 is 0 Å². The van der Waals surface area contributed by atoms with Gasteiger partial charge in [0.05, 0.1) is 5.75 Å². The van der Waals surface area contributed by atoms with Crippen LogP contribution >= 0.6 is 23.5 Å². The van der Waals surface area contributed by atoms with Gasteiger partial charge in [-0.25, -0.2) is 0 Å². The van der Waals surface area contributed by atoms with Crippen LogP contribution in [0.15, 0.2) is 77.7 Å². The van der Waals surface area contributed by atoms with Gasteiger partial charge >= 0.3 is 0 Å². The number of thioether (sulfide) groups is 2. The summed E-state index contributed by atoms with van der Waals surface area (Å²) in [5.41, 5.74) is 5.77. The summed E-state index contributed by atoms with van der Waals surface area (Å²) < 4.78 is 0. The van der Waals surface area contributed by atoms with E-state index in [9.17, 15) is 4.79 Å². The van der Waals surface area contributed by atoms with Crippen LogP contribution in [0.1, 0.15) is 22.3 Å². The summed E-state index contributed by atoms with van der Waals surface area (Å²) in [4.78, 5) is 13.5. The lowest BCUT2D eigenvalue weighted by Crippen LogP contribution is -2.15. The number of nitrogens with one attached hydrogen (secondary N) is 1. The molecule has 0 fully saturated rings. The molecule has 3 aromatic carbocycles. The quantitative estimate of drug-likeness (QED) is 0.434. The second-order valence-corrected chi connectivity index (χ2v) is 8.81. The summed E-state index contributed by atoms with van der Waals surface area (Å²) in [5, 5.41) is 3.04. The number of hydrogen-bond acceptors (Lipinski definition) is 3. The number of carbonyl (C=O) groups excluding carboxylic acids is 1. The molecule has 0 saturated carbocycles. The molecule has 1 N–H and O–H groups in total. The molecule has 0 aliphatic rings. The van der Waals surface area contributed by atoms with E-state index in [1.165, 1.54) is 21.6 Å². The molecule has 0 unspecified atom stereocenters. The van der Waals surface area contributed by atoms with Crippen LogP contribution in [0, 0.1) is 13.8 Å². The molecule has 2 nitrogen and oxygen atoms in total.